The first-order valence-electron chi connectivity index (χ1n) is 8.26. The Morgan fingerprint density at radius 3 is 2.75 bits per heavy atom. The summed E-state index contributed by atoms with van der Waals surface area (Å²) < 4.78 is 6.13. The van der Waals surface area contributed by atoms with Crippen LogP contribution in [0.25, 0.3) is 0 Å². The van der Waals surface area contributed by atoms with Crippen molar-refractivity contribution >= 4 is 62.8 Å². The molecule has 1 N–H and O–H groups in total. The third-order valence-electron chi connectivity index (χ3n) is 4.14. The Morgan fingerprint density at radius 1 is 1.29 bits per heavy atom. The molecule has 0 radical (unpaired) electrons. The standard InChI is InChI=1S/C19H15BrCl2N2O4/c1-10(19(26)27)28-17-5-2-12(20)6-14(17)18(25)11-8-23-24(9-11)16-7-13(21)3-4-15(16)22/h2-8,10-11H,9H2,1H3,(H,26,27). The summed E-state index contributed by atoms with van der Waals surface area (Å²) in [6.07, 6.45) is 0.442. The molecule has 9 heteroatoms. The normalized spacial score (nSPS) is 16.9. The Morgan fingerprint density at radius 2 is 2.04 bits per heavy atom. The molecule has 0 aliphatic carbocycles. The summed E-state index contributed by atoms with van der Waals surface area (Å²) >= 11 is 15.6. The largest absolute Gasteiger partial charge is 0.479 e. The van der Waals surface area contributed by atoms with Gasteiger partial charge in [0.2, 0.25) is 0 Å². The summed E-state index contributed by atoms with van der Waals surface area (Å²) in [5.41, 5.74) is 0.879. The summed E-state index contributed by atoms with van der Waals surface area (Å²) in [4.78, 5) is 24.2. The maximum atomic E-state index is 13.1. The number of carboxylic acid groups (broad SMARTS) is 1. The van der Waals surface area contributed by atoms with Crippen molar-refractivity contribution < 1.29 is 19.4 Å². The fourth-order valence-electron chi connectivity index (χ4n) is 2.67. The van der Waals surface area contributed by atoms with Gasteiger partial charge in [-0.05, 0) is 43.3 Å². The van der Waals surface area contributed by atoms with Gasteiger partial charge in [-0.15, -0.1) is 0 Å². The SMILES string of the molecule is CC(Oc1ccc(Br)cc1C(=O)C1C=NN(c2cc(Cl)ccc2Cl)C1)C(=O)O. The van der Waals surface area contributed by atoms with E-state index in [0.717, 1.165) is 0 Å². The molecule has 1 heterocycles. The van der Waals surface area contributed by atoms with Crippen molar-refractivity contribution in [1.29, 1.82) is 0 Å². The van der Waals surface area contributed by atoms with Crippen LogP contribution < -0.4 is 9.75 Å². The number of carbonyl (C=O) groups is 2. The number of benzene rings is 2. The topological polar surface area (TPSA) is 79.2 Å². The summed E-state index contributed by atoms with van der Waals surface area (Å²) in [6.45, 7) is 1.68. The van der Waals surface area contributed by atoms with Gasteiger partial charge in [0.15, 0.2) is 11.9 Å². The van der Waals surface area contributed by atoms with E-state index in [1.54, 1.807) is 41.4 Å². The van der Waals surface area contributed by atoms with Gasteiger partial charge in [0.25, 0.3) is 0 Å². The van der Waals surface area contributed by atoms with Crippen LogP contribution in [0.4, 0.5) is 5.69 Å². The number of nitrogens with zero attached hydrogens (tertiary/aromatic N) is 2. The minimum atomic E-state index is -1.12. The Balaban J connectivity index is 1.83. The molecule has 2 atom stereocenters. The van der Waals surface area contributed by atoms with Gasteiger partial charge in [0, 0.05) is 15.7 Å². The average Bonchev–Trinajstić information content (AvgIpc) is 3.14. The lowest BCUT2D eigenvalue weighted by Crippen LogP contribution is -2.27. The molecular weight excluding hydrogens is 471 g/mol. The summed E-state index contributed by atoms with van der Waals surface area (Å²) in [5, 5.41) is 15.9. The Labute approximate surface area is 179 Å². The van der Waals surface area contributed by atoms with Crippen LogP contribution in [0.15, 0.2) is 46.0 Å². The molecule has 2 aromatic carbocycles. The van der Waals surface area contributed by atoms with Crippen LogP contribution in [-0.4, -0.2) is 35.7 Å². The first-order valence-corrected chi connectivity index (χ1v) is 9.81. The molecule has 3 rings (SSSR count). The summed E-state index contributed by atoms with van der Waals surface area (Å²) in [7, 11) is 0. The monoisotopic (exact) mass is 484 g/mol. The van der Waals surface area contributed by atoms with Crippen LogP contribution in [0.5, 0.6) is 5.75 Å². The van der Waals surface area contributed by atoms with E-state index in [1.807, 2.05) is 0 Å². The highest BCUT2D eigenvalue weighted by atomic mass is 79.9. The number of hydrazone groups is 1. The number of carboxylic acids is 1. The third kappa shape index (κ3) is 4.48. The predicted octanol–water partition coefficient (Wildman–Crippen LogP) is 4.91. The quantitative estimate of drug-likeness (QED) is 0.588. The van der Waals surface area contributed by atoms with Crippen molar-refractivity contribution in [2.45, 2.75) is 13.0 Å². The highest BCUT2D eigenvalue weighted by Gasteiger charge is 2.30. The molecule has 2 aromatic rings. The molecule has 146 valence electrons. The first kappa shape index (κ1) is 20.6. The van der Waals surface area contributed by atoms with E-state index in [2.05, 4.69) is 21.0 Å². The number of hydrogen-bond donors (Lipinski definition) is 1. The van der Waals surface area contributed by atoms with Crippen molar-refractivity contribution in [1.82, 2.24) is 0 Å². The van der Waals surface area contributed by atoms with E-state index in [-0.39, 0.29) is 23.6 Å². The molecule has 0 bridgehead atoms. The second-order valence-electron chi connectivity index (χ2n) is 6.15. The van der Waals surface area contributed by atoms with Gasteiger partial charge in [-0.1, -0.05) is 39.1 Å². The van der Waals surface area contributed by atoms with Crippen molar-refractivity contribution in [3.63, 3.8) is 0 Å². The van der Waals surface area contributed by atoms with Gasteiger partial charge in [-0.2, -0.15) is 5.10 Å². The zero-order valence-electron chi connectivity index (χ0n) is 14.6. The molecule has 0 saturated heterocycles. The Kier molecular flexibility index (Phi) is 6.27. The molecule has 0 amide bonds. The Hall–Kier alpha value is -2.09. The zero-order chi connectivity index (χ0) is 20.4. The van der Waals surface area contributed by atoms with Crippen LogP contribution >= 0.6 is 39.1 Å². The number of carbonyl (C=O) groups excluding carboxylic acids is 1. The molecule has 1 aliphatic rings. The summed E-state index contributed by atoms with van der Waals surface area (Å²) in [6, 6.07) is 9.86. The number of rotatable bonds is 6. The molecule has 6 nitrogen and oxygen atoms in total. The molecule has 0 saturated carbocycles. The molecule has 0 fully saturated rings. The fraction of sp³-hybridized carbons (Fsp3) is 0.211. The number of anilines is 1. The van der Waals surface area contributed by atoms with Crippen LogP contribution in [0.1, 0.15) is 17.3 Å². The number of ketones is 1. The smallest absolute Gasteiger partial charge is 0.344 e. The molecule has 0 spiro atoms. The third-order valence-corrected chi connectivity index (χ3v) is 5.19. The fourth-order valence-corrected chi connectivity index (χ4v) is 3.42. The lowest BCUT2D eigenvalue weighted by molar-refractivity contribution is -0.144. The van der Waals surface area contributed by atoms with Gasteiger partial charge in [0.05, 0.1) is 28.7 Å². The Bertz CT molecular complexity index is 967. The molecule has 28 heavy (non-hydrogen) atoms. The van der Waals surface area contributed by atoms with Gasteiger partial charge >= 0.3 is 5.97 Å². The van der Waals surface area contributed by atoms with Crippen molar-refractivity contribution in [3.05, 3.63) is 56.5 Å². The van der Waals surface area contributed by atoms with E-state index < -0.39 is 18.0 Å². The van der Waals surface area contributed by atoms with Crippen LogP contribution in [0.2, 0.25) is 10.0 Å². The van der Waals surface area contributed by atoms with Crippen molar-refractivity contribution in [2.75, 3.05) is 11.6 Å². The maximum Gasteiger partial charge on any atom is 0.344 e. The second-order valence-corrected chi connectivity index (χ2v) is 7.91. The highest BCUT2D eigenvalue weighted by molar-refractivity contribution is 9.10. The zero-order valence-corrected chi connectivity index (χ0v) is 17.7. The van der Waals surface area contributed by atoms with Gasteiger partial charge in [-0.25, -0.2) is 4.79 Å². The number of Topliss-reactive ketones (excluding diaryl/α,β-unsaturated/α-hetero) is 1. The van der Waals surface area contributed by atoms with E-state index in [1.165, 1.54) is 13.1 Å². The molecule has 0 aromatic heterocycles. The minimum Gasteiger partial charge on any atom is -0.479 e. The second kappa shape index (κ2) is 8.51. The molecular formula is C19H15BrCl2N2O4. The number of halogens is 3. The first-order chi connectivity index (χ1) is 13.3. The summed E-state index contributed by atoms with van der Waals surface area (Å²) in [5.74, 6) is -1.70. The van der Waals surface area contributed by atoms with Gasteiger partial charge < -0.3 is 9.84 Å². The highest BCUT2D eigenvalue weighted by Crippen LogP contribution is 2.33. The van der Waals surface area contributed by atoms with Crippen LogP contribution in [-0.2, 0) is 4.79 Å². The van der Waals surface area contributed by atoms with E-state index in [9.17, 15) is 9.59 Å². The molecule has 1 aliphatic heterocycles. The van der Waals surface area contributed by atoms with Crippen molar-refractivity contribution in [2.24, 2.45) is 11.0 Å². The lowest BCUT2D eigenvalue weighted by Gasteiger charge is -2.18. The maximum absolute atomic E-state index is 13.1. The lowest BCUT2D eigenvalue weighted by atomic mass is 9.98. The van der Waals surface area contributed by atoms with E-state index >= 15 is 0 Å². The molecule has 2 unspecified atom stereocenters. The van der Waals surface area contributed by atoms with E-state index in [4.69, 9.17) is 33.0 Å². The number of aliphatic carboxylic acids is 1. The van der Waals surface area contributed by atoms with Gasteiger partial charge in [0.1, 0.15) is 5.75 Å². The minimum absolute atomic E-state index is 0.204. The van der Waals surface area contributed by atoms with Crippen LogP contribution in [0, 0.1) is 5.92 Å². The van der Waals surface area contributed by atoms with Crippen molar-refractivity contribution in [3.8, 4) is 5.75 Å². The average molecular weight is 486 g/mol. The predicted molar refractivity (Wildman–Crippen MR) is 112 cm³/mol. The number of hydrogen-bond acceptors (Lipinski definition) is 5. The van der Waals surface area contributed by atoms with Gasteiger partial charge in [-0.3, -0.25) is 9.80 Å². The van der Waals surface area contributed by atoms with E-state index in [0.29, 0.717) is 20.2 Å². The number of ether oxygens (including phenoxy) is 1. The van der Waals surface area contributed by atoms with Crippen LogP contribution in [0.3, 0.4) is 0 Å².